The van der Waals surface area contributed by atoms with E-state index in [2.05, 4.69) is 6.92 Å². The molecule has 1 aliphatic rings. The Morgan fingerprint density at radius 2 is 1.50 bits per heavy atom. The van der Waals surface area contributed by atoms with Crippen molar-refractivity contribution < 1.29 is 28.9 Å². The lowest BCUT2D eigenvalue weighted by atomic mass is 9.95. The van der Waals surface area contributed by atoms with E-state index in [-0.39, 0.29) is 11.3 Å². The molecule has 1 amide bonds. The van der Waals surface area contributed by atoms with Crippen molar-refractivity contribution >= 4 is 28.8 Å². The molecule has 0 aromatic heterocycles. The molecule has 0 spiro atoms. The number of rotatable bonds is 11. The molecule has 3 aromatic carbocycles. The minimum Gasteiger partial charge on any atom is -0.507 e. The summed E-state index contributed by atoms with van der Waals surface area (Å²) in [5.74, 6) is -0.183. The number of hydrogen-bond acceptors (Lipinski definition) is 7. The molecule has 1 fully saturated rings. The third kappa shape index (κ3) is 5.91. The predicted octanol–water partition coefficient (Wildman–Crippen LogP) is 5.97. The van der Waals surface area contributed by atoms with Gasteiger partial charge in [-0.05, 0) is 48.4 Å². The molecule has 40 heavy (non-hydrogen) atoms. The van der Waals surface area contributed by atoms with Gasteiger partial charge in [-0.15, -0.1) is 0 Å². The van der Waals surface area contributed by atoms with E-state index in [0.29, 0.717) is 40.7 Å². The molecule has 0 saturated carbocycles. The zero-order chi connectivity index (χ0) is 28.8. The molecule has 0 bridgehead atoms. The number of ketones is 1. The third-order valence-electron chi connectivity index (χ3n) is 6.93. The van der Waals surface area contributed by atoms with E-state index < -0.39 is 17.7 Å². The minimum atomic E-state index is -0.877. The standard InChI is InChI=1S/C32H36N2O6/c1-6-7-8-17-40-25-15-11-22(12-16-25)30(35)28-29(21-9-13-23(14-10-21)33(2)3)34(32(37)31(28)36)24-18-26(38-4)20-27(19-24)39-5/h9-16,18-20,29,35H,6-8,17H2,1-5H3/b30-28+. The van der Waals surface area contributed by atoms with Crippen LogP contribution in [0.15, 0.2) is 72.3 Å². The summed E-state index contributed by atoms with van der Waals surface area (Å²) in [6.45, 7) is 2.74. The van der Waals surface area contributed by atoms with Gasteiger partial charge in [0.1, 0.15) is 23.0 Å². The Morgan fingerprint density at radius 3 is 2.05 bits per heavy atom. The van der Waals surface area contributed by atoms with Crippen molar-refractivity contribution in [3.05, 3.63) is 83.4 Å². The van der Waals surface area contributed by atoms with Crippen LogP contribution in [0.25, 0.3) is 5.76 Å². The first-order valence-corrected chi connectivity index (χ1v) is 13.3. The van der Waals surface area contributed by atoms with Crippen molar-refractivity contribution in [1.29, 1.82) is 0 Å². The fraction of sp³-hybridized carbons (Fsp3) is 0.312. The lowest BCUT2D eigenvalue weighted by Gasteiger charge is -2.26. The Kier molecular flexibility index (Phi) is 8.99. The fourth-order valence-corrected chi connectivity index (χ4v) is 4.71. The van der Waals surface area contributed by atoms with Gasteiger partial charge in [0.2, 0.25) is 0 Å². The van der Waals surface area contributed by atoms with Gasteiger partial charge in [-0.2, -0.15) is 0 Å². The van der Waals surface area contributed by atoms with Crippen molar-refractivity contribution in [2.75, 3.05) is 44.7 Å². The Morgan fingerprint density at radius 1 is 0.875 bits per heavy atom. The van der Waals surface area contributed by atoms with Crippen LogP contribution in [0.3, 0.4) is 0 Å². The number of unbranched alkanes of at least 4 members (excludes halogenated alkanes) is 2. The van der Waals surface area contributed by atoms with Crippen LogP contribution in [0.2, 0.25) is 0 Å². The van der Waals surface area contributed by atoms with E-state index in [9.17, 15) is 14.7 Å². The van der Waals surface area contributed by atoms with Gasteiger partial charge < -0.3 is 24.2 Å². The van der Waals surface area contributed by atoms with Crippen molar-refractivity contribution in [3.8, 4) is 17.2 Å². The lowest BCUT2D eigenvalue weighted by molar-refractivity contribution is -0.132. The second-order valence-electron chi connectivity index (χ2n) is 9.81. The number of aliphatic hydroxyl groups excluding tert-OH is 1. The number of amides is 1. The third-order valence-corrected chi connectivity index (χ3v) is 6.93. The first-order valence-electron chi connectivity index (χ1n) is 13.3. The second-order valence-corrected chi connectivity index (χ2v) is 9.81. The Balaban J connectivity index is 1.81. The molecule has 4 rings (SSSR count). The van der Waals surface area contributed by atoms with Crippen molar-refractivity contribution in [2.24, 2.45) is 0 Å². The van der Waals surface area contributed by atoms with Crippen LogP contribution in [-0.4, -0.2) is 51.7 Å². The number of hydrogen-bond donors (Lipinski definition) is 1. The Hall–Kier alpha value is -4.46. The quantitative estimate of drug-likeness (QED) is 0.138. The van der Waals surface area contributed by atoms with E-state index in [1.54, 1.807) is 42.5 Å². The molecule has 0 aliphatic carbocycles. The van der Waals surface area contributed by atoms with Gasteiger partial charge in [0.15, 0.2) is 0 Å². The van der Waals surface area contributed by atoms with Crippen LogP contribution in [-0.2, 0) is 9.59 Å². The summed E-state index contributed by atoms with van der Waals surface area (Å²) < 4.78 is 16.6. The number of carbonyl (C=O) groups excluding carboxylic acids is 2. The SMILES string of the molecule is CCCCCOc1ccc(/C(O)=C2\C(=O)C(=O)N(c3cc(OC)cc(OC)c3)C2c2ccc(N(C)C)cc2)cc1. The highest BCUT2D eigenvalue weighted by atomic mass is 16.5. The van der Waals surface area contributed by atoms with Gasteiger partial charge in [0, 0.05) is 43.5 Å². The van der Waals surface area contributed by atoms with E-state index in [4.69, 9.17) is 14.2 Å². The summed E-state index contributed by atoms with van der Waals surface area (Å²) in [5, 5.41) is 11.5. The van der Waals surface area contributed by atoms with Gasteiger partial charge in [0.05, 0.1) is 38.1 Å². The maximum Gasteiger partial charge on any atom is 0.300 e. The number of nitrogens with zero attached hydrogens (tertiary/aromatic N) is 2. The number of aliphatic hydroxyl groups is 1. The number of methoxy groups -OCH3 is 2. The molecular weight excluding hydrogens is 508 g/mol. The largest absolute Gasteiger partial charge is 0.507 e. The minimum absolute atomic E-state index is 0.000930. The van der Waals surface area contributed by atoms with Crippen LogP contribution in [0.5, 0.6) is 17.2 Å². The highest BCUT2D eigenvalue weighted by Gasteiger charge is 2.47. The number of Topliss-reactive ketones (excluding diaryl/α,β-unsaturated/α-hetero) is 1. The highest BCUT2D eigenvalue weighted by Crippen LogP contribution is 2.44. The monoisotopic (exact) mass is 544 g/mol. The van der Waals surface area contributed by atoms with E-state index in [1.807, 2.05) is 43.3 Å². The number of anilines is 2. The number of benzene rings is 3. The molecule has 0 radical (unpaired) electrons. The van der Waals surface area contributed by atoms with Crippen LogP contribution in [0.1, 0.15) is 43.4 Å². The maximum atomic E-state index is 13.6. The van der Waals surface area contributed by atoms with Gasteiger partial charge in [0.25, 0.3) is 11.7 Å². The molecule has 1 saturated heterocycles. The van der Waals surface area contributed by atoms with Crippen molar-refractivity contribution in [2.45, 2.75) is 32.2 Å². The molecule has 1 heterocycles. The molecule has 1 atom stereocenters. The van der Waals surface area contributed by atoms with Gasteiger partial charge >= 0.3 is 0 Å². The van der Waals surface area contributed by atoms with E-state index in [0.717, 1.165) is 24.9 Å². The number of ether oxygens (including phenoxy) is 3. The summed E-state index contributed by atoms with van der Waals surface area (Å²) in [6, 6.07) is 18.6. The Labute approximate surface area is 235 Å². The Bertz CT molecular complexity index is 1360. The zero-order valence-electron chi connectivity index (χ0n) is 23.6. The molecule has 3 aromatic rings. The zero-order valence-corrected chi connectivity index (χ0v) is 23.6. The summed E-state index contributed by atoms with van der Waals surface area (Å²) >= 11 is 0. The van der Waals surface area contributed by atoms with Crippen LogP contribution in [0.4, 0.5) is 11.4 Å². The topological polar surface area (TPSA) is 88.5 Å². The van der Waals surface area contributed by atoms with Crippen LogP contribution < -0.4 is 24.0 Å². The molecule has 8 nitrogen and oxygen atoms in total. The first kappa shape index (κ1) is 28.5. The molecular formula is C32H36N2O6. The van der Waals surface area contributed by atoms with Gasteiger partial charge in [-0.3, -0.25) is 14.5 Å². The summed E-state index contributed by atoms with van der Waals surface area (Å²) in [7, 11) is 6.89. The fourth-order valence-electron chi connectivity index (χ4n) is 4.71. The van der Waals surface area contributed by atoms with Gasteiger partial charge in [-0.1, -0.05) is 31.9 Å². The van der Waals surface area contributed by atoms with Crippen LogP contribution in [0, 0.1) is 0 Å². The summed E-state index contributed by atoms with van der Waals surface area (Å²) in [5.41, 5.74) is 2.45. The molecule has 1 aliphatic heterocycles. The van der Waals surface area contributed by atoms with Crippen molar-refractivity contribution in [3.63, 3.8) is 0 Å². The van der Waals surface area contributed by atoms with E-state index in [1.165, 1.54) is 19.1 Å². The van der Waals surface area contributed by atoms with E-state index >= 15 is 0 Å². The molecule has 1 N–H and O–H groups in total. The highest BCUT2D eigenvalue weighted by molar-refractivity contribution is 6.51. The number of carbonyl (C=O) groups is 2. The van der Waals surface area contributed by atoms with Gasteiger partial charge in [-0.25, -0.2) is 0 Å². The normalized spacial score (nSPS) is 16.2. The van der Waals surface area contributed by atoms with Crippen LogP contribution >= 0.6 is 0 Å². The molecule has 210 valence electrons. The summed E-state index contributed by atoms with van der Waals surface area (Å²) in [4.78, 5) is 30.4. The maximum absolute atomic E-state index is 13.6. The molecule has 8 heteroatoms. The lowest BCUT2D eigenvalue weighted by Crippen LogP contribution is -2.29. The second kappa shape index (κ2) is 12.6. The smallest absolute Gasteiger partial charge is 0.300 e. The average molecular weight is 545 g/mol. The first-order chi connectivity index (χ1) is 19.3. The average Bonchev–Trinajstić information content (AvgIpc) is 3.24. The molecule has 1 unspecified atom stereocenters. The predicted molar refractivity (Wildman–Crippen MR) is 157 cm³/mol. The summed E-state index contributed by atoms with van der Waals surface area (Å²) in [6.07, 6.45) is 3.16. The van der Waals surface area contributed by atoms with Crippen molar-refractivity contribution in [1.82, 2.24) is 0 Å².